The highest BCUT2D eigenvalue weighted by molar-refractivity contribution is 5.86. The molecular weight excluding hydrogens is 248 g/mol. The van der Waals surface area contributed by atoms with Gasteiger partial charge in [0, 0.05) is 20.1 Å². The standard InChI is InChI=1S/C13H18N2O4/c1-9(15-7-6-14(2)12(16)8-15)10-4-5-11(19-10)13(17)18-3/h4-5,9H,6-8H2,1-3H3. The zero-order valence-electron chi connectivity index (χ0n) is 11.4. The van der Waals surface area contributed by atoms with Crippen LogP contribution in [0.2, 0.25) is 0 Å². The molecule has 1 aliphatic heterocycles. The lowest BCUT2D eigenvalue weighted by atomic mass is 10.2. The fourth-order valence-corrected chi connectivity index (χ4v) is 2.07. The van der Waals surface area contributed by atoms with E-state index in [4.69, 9.17) is 4.42 Å². The Morgan fingerprint density at radius 3 is 2.79 bits per heavy atom. The largest absolute Gasteiger partial charge is 0.463 e. The van der Waals surface area contributed by atoms with Crippen LogP contribution in [0.25, 0.3) is 0 Å². The van der Waals surface area contributed by atoms with Gasteiger partial charge in [0.25, 0.3) is 0 Å². The number of hydrogen-bond acceptors (Lipinski definition) is 5. The first-order valence-corrected chi connectivity index (χ1v) is 6.19. The molecule has 104 valence electrons. The molecule has 0 aliphatic carbocycles. The monoisotopic (exact) mass is 266 g/mol. The quantitative estimate of drug-likeness (QED) is 0.761. The van der Waals surface area contributed by atoms with E-state index in [9.17, 15) is 9.59 Å². The van der Waals surface area contributed by atoms with Gasteiger partial charge >= 0.3 is 5.97 Å². The molecule has 0 spiro atoms. The molecule has 1 amide bonds. The van der Waals surface area contributed by atoms with Crippen molar-refractivity contribution in [3.63, 3.8) is 0 Å². The minimum absolute atomic E-state index is 0.0453. The van der Waals surface area contributed by atoms with E-state index in [1.54, 1.807) is 24.1 Å². The molecule has 2 rings (SSSR count). The van der Waals surface area contributed by atoms with E-state index in [1.165, 1.54) is 7.11 Å². The van der Waals surface area contributed by atoms with E-state index in [1.807, 2.05) is 11.8 Å². The normalized spacial score (nSPS) is 18.5. The lowest BCUT2D eigenvalue weighted by molar-refractivity contribution is -0.135. The molecule has 1 aromatic heterocycles. The minimum Gasteiger partial charge on any atom is -0.463 e. The van der Waals surface area contributed by atoms with Gasteiger partial charge in [-0.25, -0.2) is 4.79 Å². The molecule has 6 heteroatoms. The van der Waals surface area contributed by atoms with Crippen LogP contribution in [0.15, 0.2) is 16.5 Å². The molecule has 1 fully saturated rings. The maximum absolute atomic E-state index is 11.7. The Bertz CT molecular complexity index is 483. The molecule has 1 aromatic rings. The number of esters is 1. The average molecular weight is 266 g/mol. The van der Waals surface area contributed by atoms with Gasteiger partial charge in [-0.3, -0.25) is 9.69 Å². The van der Waals surface area contributed by atoms with Gasteiger partial charge in [0.15, 0.2) is 0 Å². The van der Waals surface area contributed by atoms with E-state index >= 15 is 0 Å². The number of methoxy groups -OCH3 is 1. The van der Waals surface area contributed by atoms with Crippen LogP contribution in [0.4, 0.5) is 0 Å². The van der Waals surface area contributed by atoms with Gasteiger partial charge < -0.3 is 14.1 Å². The zero-order chi connectivity index (χ0) is 14.0. The molecule has 0 N–H and O–H groups in total. The third-order valence-corrected chi connectivity index (χ3v) is 3.46. The Morgan fingerprint density at radius 1 is 1.42 bits per heavy atom. The Morgan fingerprint density at radius 2 is 2.16 bits per heavy atom. The smallest absolute Gasteiger partial charge is 0.373 e. The van der Waals surface area contributed by atoms with Crippen LogP contribution in [0.3, 0.4) is 0 Å². The van der Waals surface area contributed by atoms with Crippen molar-refractivity contribution in [3.8, 4) is 0 Å². The third kappa shape index (κ3) is 2.78. The van der Waals surface area contributed by atoms with Crippen molar-refractivity contribution >= 4 is 11.9 Å². The molecule has 1 aliphatic rings. The molecule has 1 saturated heterocycles. The Kier molecular flexibility index (Phi) is 3.90. The first-order valence-electron chi connectivity index (χ1n) is 6.19. The van der Waals surface area contributed by atoms with E-state index < -0.39 is 5.97 Å². The van der Waals surface area contributed by atoms with E-state index in [-0.39, 0.29) is 17.7 Å². The van der Waals surface area contributed by atoms with Crippen molar-refractivity contribution < 1.29 is 18.7 Å². The number of rotatable bonds is 3. The maximum atomic E-state index is 11.7. The Balaban J connectivity index is 2.07. The number of carbonyl (C=O) groups is 2. The first kappa shape index (κ1) is 13.6. The number of piperazine rings is 1. The maximum Gasteiger partial charge on any atom is 0.373 e. The molecule has 19 heavy (non-hydrogen) atoms. The molecule has 0 aromatic carbocycles. The summed E-state index contributed by atoms with van der Waals surface area (Å²) in [4.78, 5) is 26.8. The lowest BCUT2D eigenvalue weighted by Gasteiger charge is -2.35. The van der Waals surface area contributed by atoms with Gasteiger partial charge in [0.1, 0.15) is 5.76 Å². The van der Waals surface area contributed by atoms with E-state index in [2.05, 4.69) is 4.74 Å². The molecule has 2 heterocycles. The highest BCUT2D eigenvalue weighted by Gasteiger charge is 2.27. The summed E-state index contributed by atoms with van der Waals surface area (Å²) in [6, 6.07) is 3.30. The second-order valence-corrected chi connectivity index (χ2v) is 4.66. The van der Waals surface area contributed by atoms with Gasteiger partial charge in [0.05, 0.1) is 19.7 Å². The number of likely N-dealkylation sites (N-methyl/N-ethyl adjacent to an activating group) is 1. The van der Waals surface area contributed by atoms with Crippen LogP contribution in [-0.4, -0.2) is 55.5 Å². The number of amides is 1. The summed E-state index contributed by atoms with van der Waals surface area (Å²) < 4.78 is 10.1. The number of hydrogen-bond donors (Lipinski definition) is 0. The van der Waals surface area contributed by atoms with Crippen LogP contribution in [0.5, 0.6) is 0 Å². The van der Waals surface area contributed by atoms with Gasteiger partial charge in [0.2, 0.25) is 11.7 Å². The van der Waals surface area contributed by atoms with Gasteiger partial charge in [-0.05, 0) is 19.1 Å². The van der Waals surface area contributed by atoms with Crippen molar-refractivity contribution in [3.05, 3.63) is 23.7 Å². The van der Waals surface area contributed by atoms with Crippen LogP contribution >= 0.6 is 0 Å². The van der Waals surface area contributed by atoms with Crippen LogP contribution in [-0.2, 0) is 9.53 Å². The molecule has 6 nitrogen and oxygen atoms in total. The number of carbonyl (C=O) groups excluding carboxylic acids is 2. The predicted octanol–water partition coefficient (Wildman–Crippen LogP) is 0.901. The fourth-order valence-electron chi connectivity index (χ4n) is 2.07. The second-order valence-electron chi connectivity index (χ2n) is 4.66. The zero-order valence-corrected chi connectivity index (χ0v) is 11.4. The third-order valence-electron chi connectivity index (χ3n) is 3.46. The summed E-state index contributed by atoms with van der Waals surface area (Å²) in [5.41, 5.74) is 0. The summed E-state index contributed by atoms with van der Waals surface area (Å²) >= 11 is 0. The first-order chi connectivity index (χ1) is 9.02. The van der Waals surface area contributed by atoms with Crippen molar-refractivity contribution in [1.29, 1.82) is 0 Å². The molecule has 1 atom stereocenters. The Hall–Kier alpha value is -1.82. The van der Waals surface area contributed by atoms with Crippen LogP contribution in [0.1, 0.15) is 29.3 Å². The van der Waals surface area contributed by atoms with Crippen molar-refractivity contribution in [2.75, 3.05) is 33.8 Å². The van der Waals surface area contributed by atoms with Gasteiger partial charge in [-0.2, -0.15) is 0 Å². The summed E-state index contributed by atoms with van der Waals surface area (Å²) in [6.45, 7) is 3.82. The van der Waals surface area contributed by atoms with E-state index in [0.717, 1.165) is 6.54 Å². The molecule has 0 radical (unpaired) electrons. The van der Waals surface area contributed by atoms with Crippen molar-refractivity contribution in [2.24, 2.45) is 0 Å². The average Bonchev–Trinajstić information content (AvgIpc) is 2.89. The summed E-state index contributed by atoms with van der Waals surface area (Å²) in [6.07, 6.45) is 0. The summed E-state index contributed by atoms with van der Waals surface area (Å²) in [5, 5.41) is 0. The summed E-state index contributed by atoms with van der Waals surface area (Å²) in [7, 11) is 3.11. The topological polar surface area (TPSA) is 63.0 Å². The van der Waals surface area contributed by atoms with Gasteiger partial charge in [-0.1, -0.05) is 0 Å². The summed E-state index contributed by atoms with van der Waals surface area (Å²) in [5.74, 6) is 0.452. The van der Waals surface area contributed by atoms with Crippen molar-refractivity contribution in [2.45, 2.75) is 13.0 Å². The fraction of sp³-hybridized carbons (Fsp3) is 0.538. The number of nitrogens with zero attached hydrogens (tertiary/aromatic N) is 2. The van der Waals surface area contributed by atoms with E-state index in [0.29, 0.717) is 18.8 Å². The molecule has 0 bridgehead atoms. The molecular formula is C13H18N2O4. The number of furan rings is 1. The van der Waals surface area contributed by atoms with Gasteiger partial charge in [-0.15, -0.1) is 0 Å². The lowest BCUT2D eigenvalue weighted by Crippen LogP contribution is -2.49. The SMILES string of the molecule is COC(=O)c1ccc(C(C)N2CCN(C)C(=O)C2)o1. The predicted molar refractivity (Wildman–Crippen MR) is 67.7 cm³/mol. The molecule has 0 saturated carbocycles. The number of ether oxygens (including phenoxy) is 1. The minimum atomic E-state index is -0.493. The van der Waals surface area contributed by atoms with Crippen LogP contribution in [0, 0.1) is 0 Å². The highest BCUT2D eigenvalue weighted by Crippen LogP contribution is 2.24. The Labute approximate surface area is 111 Å². The highest BCUT2D eigenvalue weighted by atomic mass is 16.5. The van der Waals surface area contributed by atoms with Crippen LogP contribution < -0.4 is 0 Å². The molecule has 1 unspecified atom stereocenters. The second kappa shape index (κ2) is 5.44. The van der Waals surface area contributed by atoms with Crippen molar-refractivity contribution in [1.82, 2.24) is 9.80 Å².